The van der Waals surface area contributed by atoms with Crippen molar-refractivity contribution in [2.45, 2.75) is 18.9 Å². The standard InChI is InChI=1S/C11H14N4S/c1-2-12-3-9(1)11-4-13-7-15(11)5-10-6-16-8-14-10/h4,6-9,12H,1-3,5H2. The van der Waals surface area contributed by atoms with Crippen LogP contribution < -0.4 is 5.32 Å². The summed E-state index contributed by atoms with van der Waals surface area (Å²) in [5.74, 6) is 0.612. The van der Waals surface area contributed by atoms with Crippen molar-refractivity contribution in [1.82, 2.24) is 19.9 Å². The largest absolute Gasteiger partial charge is 0.328 e. The van der Waals surface area contributed by atoms with Crippen LogP contribution in [0.15, 0.2) is 23.4 Å². The Morgan fingerprint density at radius 3 is 3.31 bits per heavy atom. The van der Waals surface area contributed by atoms with Crippen LogP contribution in [0.25, 0.3) is 0 Å². The van der Waals surface area contributed by atoms with E-state index in [1.165, 1.54) is 12.1 Å². The van der Waals surface area contributed by atoms with Crippen molar-refractivity contribution in [3.63, 3.8) is 0 Å². The van der Waals surface area contributed by atoms with Crippen molar-refractivity contribution in [1.29, 1.82) is 0 Å². The molecule has 2 aromatic rings. The van der Waals surface area contributed by atoms with E-state index in [2.05, 4.69) is 25.2 Å². The van der Waals surface area contributed by atoms with Crippen molar-refractivity contribution in [2.24, 2.45) is 0 Å². The molecule has 0 bridgehead atoms. The van der Waals surface area contributed by atoms with Gasteiger partial charge in [-0.15, -0.1) is 11.3 Å². The minimum atomic E-state index is 0.612. The fourth-order valence-corrected chi connectivity index (χ4v) is 2.75. The van der Waals surface area contributed by atoms with Gasteiger partial charge in [0.2, 0.25) is 0 Å². The van der Waals surface area contributed by atoms with Crippen LogP contribution in [-0.2, 0) is 6.54 Å². The lowest BCUT2D eigenvalue weighted by atomic mass is 10.1. The van der Waals surface area contributed by atoms with Gasteiger partial charge < -0.3 is 9.88 Å². The summed E-state index contributed by atoms with van der Waals surface area (Å²) in [5, 5.41) is 5.49. The van der Waals surface area contributed by atoms with Crippen LogP contribution in [-0.4, -0.2) is 27.6 Å². The van der Waals surface area contributed by atoms with Gasteiger partial charge in [-0.1, -0.05) is 0 Å². The van der Waals surface area contributed by atoms with E-state index < -0.39 is 0 Å². The zero-order valence-electron chi connectivity index (χ0n) is 8.97. The average Bonchev–Trinajstić information content (AvgIpc) is 2.98. The molecular weight excluding hydrogens is 220 g/mol. The second kappa shape index (κ2) is 4.35. The first-order valence-electron chi connectivity index (χ1n) is 5.51. The Hall–Kier alpha value is -1.20. The summed E-state index contributed by atoms with van der Waals surface area (Å²) in [6, 6.07) is 0. The molecule has 4 nitrogen and oxygen atoms in total. The molecule has 1 fully saturated rings. The molecule has 0 saturated carbocycles. The van der Waals surface area contributed by atoms with E-state index in [9.17, 15) is 0 Å². The van der Waals surface area contributed by atoms with Crippen LogP contribution in [0.2, 0.25) is 0 Å². The number of hydrogen-bond acceptors (Lipinski definition) is 4. The minimum absolute atomic E-state index is 0.612. The molecule has 1 aliphatic rings. The number of nitrogens with one attached hydrogen (secondary N) is 1. The van der Waals surface area contributed by atoms with Crippen molar-refractivity contribution in [3.8, 4) is 0 Å². The molecule has 0 amide bonds. The first-order valence-corrected chi connectivity index (χ1v) is 6.45. The molecule has 1 aliphatic heterocycles. The predicted octanol–water partition coefficient (Wildman–Crippen LogP) is 1.46. The Bertz CT molecular complexity index is 442. The van der Waals surface area contributed by atoms with E-state index in [0.717, 1.165) is 25.3 Å². The van der Waals surface area contributed by atoms with E-state index >= 15 is 0 Å². The number of imidazole rings is 1. The number of rotatable bonds is 3. The molecule has 3 rings (SSSR count). The third-order valence-corrected chi connectivity index (χ3v) is 3.67. The molecule has 0 aliphatic carbocycles. The maximum atomic E-state index is 4.31. The van der Waals surface area contributed by atoms with Gasteiger partial charge in [-0.05, 0) is 13.0 Å². The summed E-state index contributed by atoms with van der Waals surface area (Å²) in [6.45, 7) is 3.03. The van der Waals surface area contributed by atoms with Crippen LogP contribution in [0.5, 0.6) is 0 Å². The highest BCUT2D eigenvalue weighted by molar-refractivity contribution is 7.07. The Labute approximate surface area is 98.4 Å². The van der Waals surface area contributed by atoms with Gasteiger partial charge in [-0.2, -0.15) is 0 Å². The van der Waals surface area contributed by atoms with Crippen LogP contribution in [0.4, 0.5) is 0 Å². The SMILES string of the molecule is c1nc(Cn2cncc2C2CCNC2)cs1. The maximum absolute atomic E-state index is 4.31. The topological polar surface area (TPSA) is 42.7 Å². The molecule has 0 spiro atoms. The number of thiazole rings is 1. The van der Waals surface area contributed by atoms with Gasteiger partial charge in [-0.25, -0.2) is 9.97 Å². The van der Waals surface area contributed by atoms with Crippen LogP contribution in [0.3, 0.4) is 0 Å². The Morgan fingerprint density at radius 1 is 1.56 bits per heavy atom. The lowest BCUT2D eigenvalue weighted by Crippen LogP contribution is -2.12. The Kier molecular flexibility index (Phi) is 2.71. The summed E-state index contributed by atoms with van der Waals surface area (Å²) >= 11 is 1.64. The highest BCUT2D eigenvalue weighted by atomic mass is 32.1. The molecule has 5 heteroatoms. The van der Waals surface area contributed by atoms with Crippen LogP contribution >= 0.6 is 11.3 Å². The predicted molar refractivity (Wildman–Crippen MR) is 63.7 cm³/mol. The first-order chi connectivity index (χ1) is 7.93. The average molecular weight is 234 g/mol. The molecule has 1 atom stereocenters. The molecule has 1 N–H and O–H groups in total. The highest BCUT2D eigenvalue weighted by Crippen LogP contribution is 2.22. The van der Waals surface area contributed by atoms with Gasteiger partial charge in [0.05, 0.1) is 24.1 Å². The molecule has 0 aromatic carbocycles. The Balaban J connectivity index is 1.82. The second-order valence-corrected chi connectivity index (χ2v) is 4.83. The number of hydrogen-bond donors (Lipinski definition) is 1. The van der Waals surface area contributed by atoms with Crippen molar-refractivity contribution in [3.05, 3.63) is 34.8 Å². The van der Waals surface area contributed by atoms with Gasteiger partial charge in [0.25, 0.3) is 0 Å². The van der Waals surface area contributed by atoms with Gasteiger partial charge >= 0.3 is 0 Å². The second-order valence-electron chi connectivity index (χ2n) is 4.12. The molecular formula is C11H14N4S. The first kappa shape index (κ1) is 9.99. The van der Waals surface area contributed by atoms with Crippen molar-refractivity contribution >= 4 is 11.3 Å². The lowest BCUT2D eigenvalue weighted by Gasteiger charge is -2.11. The van der Waals surface area contributed by atoms with Gasteiger partial charge in [0.15, 0.2) is 0 Å². The number of nitrogens with zero attached hydrogens (tertiary/aromatic N) is 3. The summed E-state index contributed by atoms with van der Waals surface area (Å²) in [4.78, 5) is 8.57. The van der Waals surface area contributed by atoms with Crippen LogP contribution in [0.1, 0.15) is 23.7 Å². The quantitative estimate of drug-likeness (QED) is 0.874. The molecule has 1 unspecified atom stereocenters. The zero-order valence-corrected chi connectivity index (χ0v) is 9.78. The van der Waals surface area contributed by atoms with E-state index in [0.29, 0.717) is 5.92 Å². The van der Waals surface area contributed by atoms with E-state index in [-0.39, 0.29) is 0 Å². The maximum Gasteiger partial charge on any atom is 0.0951 e. The van der Waals surface area contributed by atoms with Gasteiger partial charge in [-0.3, -0.25) is 0 Å². The molecule has 0 radical (unpaired) electrons. The monoisotopic (exact) mass is 234 g/mol. The smallest absolute Gasteiger partial charge is 0.0951 e. The van der Waals surface area contributed by atoms with Crippen molar-refractivity contribution in [2.75, 3.05) is 13.1 Å². The highest BCUT2D eigenvalue weighted by Gasteiger charge is 2.20. The summed E-state index contributed by atoms with van der Waals surface area (Å²) in [5.41, 5.74) is 4.33. The zero-order chi connectivity index (χ0) is 10.8. The van der Waals surface area contributed by atoms with Crippen molar-refractivity contribution < 1.29 is 0 Å². The summed E-state index contributed by atoms with van der Waals surface area (Å²) < 4.78 is 2.22. The van der Waals surface area contributed by atoms with Gasteiger partial charge in [0.1, 0.15) is 0 Å². The van der Waals surface area contributed by atoms with Gasteiger partial charge in [0, 0.05) is 29.7 Å². The minimum Gasteiger partial charge on any atom is -0.328 e. The fraction of sp³-hybridized carbons (Fsp3) is 0.455. The molecule has 3 heterocycles. The third kappa shape index (κ3) is 1.88. The fourth-order valence-electron chi connectivity index (χ4n) is 2.20. The van der Waals surface area contributed by atoms with E-state index in [1.54, 1.807) is 11.3 Å². The normalized spacial score (nSPS) is 20.4. The molecule has 2 aromatic heterocycles. The summed E-state index contributed by atoms with van der Waals surface area (Å²) in [7, 11) is 0. The van der Waals surface area contributed by atoms with E-state index in [4.69, 9.17) is 0 Å². The molecule has 84 valence electrons. The Morgan fingerprint density at radius 2 is 2.56 bits per heavy atom. The summed E-state index contributed by atoms with van der Waals surface area (Å²) in [6.07, 6.45) is 5.11. The lowest BCUT2D eigenvalue weighted by molar-refractivity contribution is 0.649. The number of aromatic nitrogens is 3. The third-order valence-electron chi connectivity index (χ3n) is 3.04. The molecule has 1 saturated heterocycles. The van der Waals surface area contributed by atoms with E-state index in [1.807, 2.05) is 18.0 Å². The molecule has 16 heavy (non-hydrogen) atoms. The van der Waals surface area contributed by atoms with Crippen LogP contribution in [0, 0.1) is 0 Å².